The highest BCUT2D eigenvalue weighted by atomic mass is 35.5. The van der Waals surface area contributed by atoms with Crippen molar-refractivity contribution in [3.63, 3.8) is 0 Å². The SMILES string of the molecule is CCC(C(=S)NC1CCCCC1)N(Cc1ccc(Cl)cc1)c1nc2ccccc2o1. The van der Waals surface area contributed by atoms with E-state index < -0.39 is 0 Å². The van der Waals surface area contributed by atoms with Gasteiger partial charge in [0.25, 0.3) is 6.01 Å². The first-order valence-corrected chi connectivity index (χ1v) is 11.6. The Kier molecular flexibility index (Phi) is 6.90. The van der Waals surface area contributed by atoms with Gasteiger partial charge in [0.2, 0.25) is 0 Å². The molecule has 4 nitrogen and oxygen atoms in total. The summed E-state index contributed by atoms with van der Waals surface area (Å²) in [7, 11) is 0. The molecule has 6 heteroatoms. The number of halogens is 1. The Bertz CT molecular complexity index is 949. The molecule has 158 valence electrons. The van der Waals surface area contributed by atoms with Crippen molar-refractivity contribution in [2.75, 3.05) is 4.90 Å². The van der Waals surface area contributed by atoms with Crippen molar-refractivity contribution in [3.05, 3.63) is 59.1 Å². The van der Waals surface area contributed by atoms with Crippen LogP contribution in [0.1, 0.15) is 51.0 Å². The molecule has 1 aliphatic rings. The maximum atomic E-state index is 6.15. The van der Waals surface area contributed by atoms with Crippen LogP contribution in [0, 0.1) is 0 Å². The van der Waals surface area contributed by atoms with Gasteiger partial charge < -0.3 is 14.6 Å². The van der Waals surface area contributed by atoms with Crippen molar-refractivity contribution in [1.29, 1.82) is 0 Å². The smallest absolute Gasteiger partial charge is 0.299 e. The second-order valence-corrected chi connectivity index (χ2v) is 8.86. The number of aromatic nitrogens is 1. The lowest BCUT2D eigenvalue weighted by Gasteiger charge is -2.33. The monoisotopic (exact) mass is 441 g/mol. The molecule has 30 heavy (non-hydrogen) atoms. The minimum absolute atomic E-state index is 0.00525. The van der Waals surface area contributed by atoms with Gasteiger partial charge in [0.1, 0.15) is 5.52 Å². The number of para-hydroxylation sites is 2. The van der Waals surface area contributed by atoms with Crippen LogP contribution in [-0.2, 0) is 6.54 Å². The molecule has 1 saturated carbocycles. The molecule has 4 rings (SSSR count). The van der Waals surface area contributed by atoms with Gasteiger partial charge in [0.15, 0.2) is 5.58 Å². The summed E-state index contributed by atoms with van der Waals surface area (Å²) in [5.74, 6) is 0. The highest BCUT2D eigenvalue weighted by Crippen LogP contribution is 2.27. The first-order chi connectivity index (χ1) is 14.6. The van der Waals surface area contributed by atoms with Crippen molar-refractivity contribution in [1.82, 2.24) is 10.3 Å². The summed E-state index contributed by atoms with van der Waals surface area (Å²) in [6.07, 6.45) is 7.12. The third-order valence-corrected chi connectivity index (χ3v) is 6.45. The first-order valence-electron chi connectivity index (χ1n) is 10.8. The molecule has 1 fully saturated rings. The van der Waals surface area contributed by atoms with Crippen LogP contribution in [-0.4, -0.2) is 22.1 Å². The van der Waals surface area contributed by atoms with Gasteiger partial charge in [-0.1, -0.05) is 74.3 Å². The Labute approximate surface area is 188 Å². The van der Waals surface area contributed by atoms with Crippen LogP contribution >= 0.6 is 23.8 Å². The van der Waals surface area contributed by atoms with Crippen molar-refractivity contribution in [3.8, 4) is 0 Å². The van der Waals surface area contributed by atoms with Gasteiger partial charge in [0.05, 0.1) is 11.0 Å². The van der Waals surface area contributed by atoms with Crippen molar-refractivity contribution < 1.29 is 4.42 Å². The molecule has 0 saturated heterocycles. The molecular formula is C24H28ClN3OS. The van der Waals surface area contributed by atoms with Gasteiger partial charge in [0, 0.05) is 17.6 Å². The van der Waals surface area contributed by atoms with Crippen LogP contribution in [0.5, 0.6) is 0 Å². The number of thiocarbonyl (C=S) groups is 1. The summed E-state index contributed by atoms with van der Waals surface area (Å²) in [6, 6.07) is 16.9. The molecule has 0 radical (unpaired) electrons. The summed E-state index contributed by atoms with van der Waals surface area (Å²) in [5, 5.41) is 4.38. The number of hydrogen-bond donors (Lipinski definition) is 1. The van der Waals surface area contributed by atoms with Crippen molar-refractivity contribution in [2.24, 2.45) is 0 Å². The predicted octanol–water partition coefficient (Wildman–Crippen LogP) is 6.52. The normalized spacial score (nSPS) is 15.8. The number of nitrogens with one attached hydrogen (secondary N) is 1. The average molecular weight is 442 g/mol. The van der Waals surface area contributed by atoms with Crippen LogP contribution in [0.25, 0.3) is 11.1 Å². The van der Waals surface area contributed by atoms with Crippen LogP contribution < -0.4 is 10.2 Å². The maximum absolute atomic E-state index is 6.15. The van der Waals surface area contributed by atoms with E-state index in [1.807, 2.05) is 48.5 Å². The molecule has 3 aromatic rings. The molecule has 1 aliphatic carbocycles. The standard InChI is InChI=1S/C24H28ClN3OS/c1-2-21(23(30)26-19-8-4-3-5-9-19)28(16-17-12-14-18(25)15-13-17)24-27-20-10-6-7-11-22(20)29-24/h6-7,10-15,19,21H,2-5,8-9,16H2,1H3,(H,26,30). The zero-order valence-electron chi connectivity index (χ0n) is 17.3. The number of hydrogen-bond acceptors (Lipinski definition) is 4. The maximum Gasteiger partial charge on any atom is 0.299 e. The van der Waals surface area contributed by atoms with E-state index in [1.165, 1.54) is 32.1 Å². The average Bonchev–Trinajstić information content (AvgIpc) is 3.20. The Balaban J connectivity index is 1.63. The lowest BCUT2D eigenvalue weighted by Crippen LogP contribution is -2.49. The van der Waals surface area contributed by atoms with Crippen LogP contribution in [0.2, 0.25) is 5.02 Å². The van der Waals surface area contributed by atoms with Crippen LogP contribution in [0.4, 0.5) is 6.01 Å². The van der Waals surface area contributed by atoms with Gasteiger partial charge >= 0.3 is 0 Å². The quantitative estimate of drug-likeness (QED) is 0.423. The molecule has 1 N–H and O–H groups in total. The van der Waals surface area contributed by atoms with E-state index in [1.54, 1.807) is 0 Å². The number of rotatable bonds is 7. The second kappa shape index (κ2) is 9.80. The number of nitrogens with zero attached hydrogens (tertiary/aromatic N) is 2. The van der Waals surface area contributed by atoms with E-state index in [4.69, 9.17) is 33.2 Å². The molecule has 0 amide bonds. The molecule has 0 aliphatic heterocycles. The molecule has 2 aromatic carbocycles. The van der Waals surface area contributed by atoms with Crippen LogP contribution in [0.15, 0.2) is 52.9 Å². The van der Waals surface area contributed by atoms with E-state index >= 15 is 0 Å². The summed E-state index contributed by atoms with van der Waals surface area (Å²) < 4.78 is 6.15. The molecule has 1 heterocycles. The Morgan fingerprint density at radius 2 is 1.90 bits per heavy atom. The number of benzene rings is 2. The molecule has 0 spiro atoms. The second-order valence-electron chi connectivity index (χ2n) is 7.99. The van der Waals surface area contributed by atoms with Gasteiger partial charge in [-0.15, -0.1) is 0 Å². The highest BCUT2D eigenvalue weighted by molar-refractivity contribution is 7.80. The topological polar surface area (TPSA) is 41.3 Å². The lowest BCUT2D eigenvalue weighted by atomic mass is 9.95. The lowest BCUT2D eigenvalue weighted by molar-refractivity contribution is 0.410. The zero-order chi connectivity index (χ0) is 20.9. The van der Waals surface area contributed by atoms with Crippen molar-refractivity contribution >= 4 is 45.9 Å². The third kappa shape index (κ3) is 4.96. The van der Waals surface area contributed by atoms with Gasteiger partial charge in [-0.25, -0.2) is 0 Å². The predicted molar refractivity (Wildman–Crippen MR) is 128 cm³/mol. The highest BCUT2D eigenvalue weighted by Gasteiger charge is 2.27. The number of fused-ring (bicyclic) bond motifs is 1. The molecule has 1 aromatic heterocycles. The fourth-order valence-electron chi connectivity index (χ4n) is 4.17. The fourth-order valence-corrected chi connectivity index (χ4v) is 4.76. The van der Waals surface area contributed by atoms with E-state index in [0.29, 0.717) is 18.6 Å². The summed E-state index contributed by atoms with van der Waals surface area (Å²) in [4.78, 5) is 7.83. The van der Waals surface area contributed by atoms with Crippen molar-refractivity contribution in [2.45, 2.75) is 64.1 Å². The zero-order valence-corrected chi connectivity index (χ0v) is 18.9. The van der Waals surface area contributed by atoms with Crippen LogP contribution in [0.3, 0.4) is 0 Å². The summed E-state index contributed by atoms with van der Waals surface area (Å²) in [6.45, 7) is 2.81. The largest absolute Gasteiger partial charge is 0.423 e. The number of anilines is 1. The Hall–Kier alpha value is -2.11. The number of oxazole rings is 1. The van der Waals surface area contributed by atoms with Gasteiger partial charge in [-0.3, -0.25) is 0 Å². The van der Waals surface area contributed by atoms with E-state index in [-0.39, 0.29) is 6.04 Å². The summed E-state index contributed by atoms with van der Waals surface area (Å²) >= 11 is 12.0. The fraction of sp³-hybridized carbons (Fsp3) is 0.417. The molecular weight excluding hydrogens is 414 g/mol. The molecule has 1 atom stereocenters. The molecule has 0 bridgehead atoms. The minimum Gasteiger partial charge on any atom is -0.423 e. The van der Waals surface area contributed by atoms with Gasteiger partial charge in [-0.05, 0) is 49.1 Å². The third-order valence-electron chi connectivity index (χ3n) is 5.81. The van der Waals surface area contributed by atoms with E-state index in [9.17, 15) is 0 Å². The molecule has 1 unspecified atom stereocenters. The first kappa shape index (κ1) is 21.1. The Morgan fingerprint density at radius 3 is 2.60 bits per heavy atom. The van der Waals surface area contributed by atoms with E-state index in [2.05, 4.69) is 17.1 Å². The summed E-state index contributed by atoms with van der Waals surface area (Å²) in [5.41, 5.74) is 2.78. The Morgan fingerprint density at radius 1 is 1.17 bits per heavy atom. The van der Waals surface area contributed by atoms with E-state index in [0.717, 1.165) is 33.1 Å². The van der Waals surface area contributed by atoms with Gasteiger partial charge in [-0.2, -0.15) is 4.98 Å². The minimum atomic E-state index is 0.00525.